The molecule has 1 aliphatic carbocycles. The van der Waals surface area contributed by atoms with Crippen LogP contribution in [0.1, 0.15) is 23.3 Å². The molecule has 0 spiro atoms. The second kappa shape index (κ2) is 3.59. The minimum absolute atomic E-state index is 0.154. The van der Waals surface area contributed by atoms with Gasteiger partial charge in [-0.3, -0.25) is 0 Å². The number of halogens is 2. The number of fused-ring (bicyclic) bond motifs is 1. The summed E-state index contributed by atoms with van der Waals surface area (Å²) in [7, 11) is 0. The highest BCUT2D eigenvalue weighted by molar-refractivity contribution is 9.11. The Morgan fingerprint density at radius 3 is 2.53 bits per heavy atom. The molecule has 80 valence electrons. The van der Waals surface area contributed by atoms with E-state index in [1.165, 1.54) is 18.2 Å². The molecule has 0 amide bonds. The fraction of sp³-hybridized carbons (Fsp3) is 0.200. The van der Waals surface area contributed by atoms with E-state index in [2.05, 4.69) is 15.9 Å². The van der Waals surface area contributed by atoms with Gasteiger partial charge in [0.25, 0.3) is 0 Å². The van der Waals surface area contributed by atoms with Gasteiger partial charge in [0, 0.05) is 4.48 Å². The normalized spacial score (nSPS) is 25.3. The first-order chi connectivity index (χ1) is 7.02. The van der Waals surface area contributed by atoms with E-state index in [9.17, 15) is 14.6 Å². The zero-order valence-corrected chi connectivity index (χ0v) is 9.20. The van der Waals surface area contributed by atoms with E-state index in [0.29, 0.717) is 11.1 Å². The fourth-order valence-corrected chi connectivity index (χ4v) is 2.09. The van der Waals surface area contributed by atoms with Crippen LogP contribution in [-0.4, -0.2) is 10.2 Å². The minimum atomic E-state index is -1.01. The zero-order valence-electron chi connectivity index (χ0n) is 7.61. The molecule has 1 aromatic rings. The van der Waals surface area contributed by atoms with Gasteiger partial charge in [-0.05, 0) is 23.3 Å². The third-order valence-corrected chi connectivity index (χ3v) is 3.34. The monoisotopic (exact) mass is 273 g/mol. The number of aliphatic hydroxyl groups excluding tert-OH is 2. The Labute approximate surface area is 94.2 Å². The molecule has 3 nitrogen and oxygen atoms in total. The smallest absolute Gasteiger partial charge is 0.123 e. The van der Waals surface area contributed by atoms with Crippen LogP contribution in [0.15, 0.2) is 28.4 Å². The average molecular weight is 274 g/mol. The predicted octanol–water partition coefficient (Wildman–Crippen LogP) is 1.47. The van der Waals surface area contributed by atoms with Crippen LogP contribution in [0.3, 0.4) is 0 Å². The maximum atomic E-state index is 13.0. The third kappa shape index (κ3) is 1.56. The molecule has 5 heteroatoms. The summed E-state index contributed by atoms with van der Waals surface area (Å²) in [5.41, 5.74) is 6.52. The van der Waals surface area contributed by atoms with Crippen LogP contribution < -0.4 is 5.73 Å². The van der Waals surface area contributed by atoms with Crippen molar-refractivity contribution in [1.29, 1.82) is 0 Å². The molecule has 0 saturated heterocycles. The second-order valence-corrected chi connectivity index (χ2v) is 4.24. The summed E-state index contributed by atoms with van der Waals surface area (Å²) in [6, 6.07) is 3.84. The van der Waals surface area contributed by atoms with Gasteiger partial charge in [-0.2, -0.15) is 0 Å². The van der Waals surface area contributed by atoms with Crippen molar-refractivity contribution in [2.45, 2.75) is 12.2 Å². The largest absolute Gasteiger partial charge is 0.399 e. The molecule has 1 aromatic carbocycles. The van der Waals surface area contributed by atoms with E-state index >= 15 is 0 Å². The maximum Gasteiger partial charge on any atom is 0.123 e. The quantitative estimate of drug-likeness (QED) is 0.671. The summed E-state index contributed by atoms with van der Waals surface area (Å²) in [6.45, 7) is 0. The molecule has 4 N–H and O–H groups in total. The third-order valence-electron chi connectivity index (χ3n) is 2.45. The maximum absolute atomic E-state index is 13.0. The van der Waals surface area contributed by atoms with Gasteiger partial charge in [-0.1, -0.05) is 22.0 Å². The summed E-state index contributed by atoms with van der Waals surface area (Å²) in [6.07, 6.45) is -2.02. The molecular formula is C10H9BrFNO2. The number of rotatable bonds is 0. The Morgan fingerprint density at radius 2 is 1.87 bits per heavy atom. The van der Waals surface area contributed by atoms with Gasteiger partial charge in [-0.15, -0.1) is 0 Å². The lowest BCUT2D eigenvalue weighted by Crippen LogP contribution is -2.21. The number of aliphatic hydroxyl groups is 2. The Hall–Kier alpha value is -0.910. The van der Waals surface area contributed by atoms with E-state index in [1.807, 2.05) is 0 Å². The van der Waals surface area contributed by atoms with Crippen LogP contribution in [0.5, 0.6) is 0 Å². The molecule has 0 heterocycles. The van der Waals surface area contributed by atoms with Crippen molar-refractivity contribution < 1.29 is 14.6 Å². The number of hydrogen-bond acceptors (Lipinski definition) is 3. The summed E-state index contributed by atoms with van der Waals surface area (Å²) < 4.78 is 13.2. The van der Waals surface area contributed by atoms with Gasteiger partial charge < -0.3 is 15.9 Å². The van der Waals surface area contributed by atoms with Crippen molar-refractivity contribution >= 4 is 15.9 Å². The van der Waals surface area contributed by atoms with Crippen molar-refractivity contribution in [2.24, 2.45) is 5.73 Å². The SMILES string of the molecule is NC1=C(Br)C(O)c2cc(F)ccc2C1O. The Kier molecular flexibility index (Phi) is 2.54. The molecular weight excluding hydrogens is 265 g/mol. The van der Waals surface area contributed by atoms with E-state index in [0.717, 1.165) is 0 Å². The first-order valence-corrected chi connectivity index (χ1v) is 5.12. The lowest BCUT2D eigenvalue weighted by Gasteiger charge is -2.26. The topological polar surface area (TPSA) is 66.5 Å². The van der Waals surface area contributed by atoms with Crippen LogP contribution in [-0.2, 0) is 0 Å². The number of hydrogen-bond donors (Lipinski definition) is 3. The summed E-state index contributed by atoms with van der Waals surface area (Å²) in [5.74, 6) is -0.458. The highest BCUT2D eigenvalue weighted by atomic mass is 79.9. The van der Waals surface area contributed by atoms with Crippen molar-refractivity contribution in [3.05, 3.63) is 45.3 Å². The summed E-state index contributed by atoms with van der Waals surface area (Å²) in [4.78, 5) is 0. The van der Waals surface area contributed by atoms with Gasteiger partial charge in [0.05, 0.1) is 5.70 Å². The fourth-order valence-electron chi connectivity index (χ4n) is 1.62. The molecule has 0 aliphatic heterocycles. The van der Waals surface area contributed by atoms with Crippen LogP contribution in [0.4, 0.5) is 4.39 Å². The van der Waals surface area contributed by atoms with Gasteiger partial charge in [-0.25, -0.2) is 4.39 Å². The molecule has 0 bridgehead atoms. The van der Waals surface area contributed by atoms with Gasteiger partial charge in [0.15, 0.2) is 0 Å². The minimum Gasteiger partial charge on any atom is -0.399 e. The van der Waals surface area contributed by atoms with E-state index < -0.39 is 18.0 Å². The Morgan fingerprint density at radius 1 is 1.20 bits per heavy atom. The predicted molar refractivity (Wildman–Crippen MR) is 56.5 cm³/mol. The first-order valence-electron chi connectivity index (χ1n) is 4.33. The van der Waals surface area contributed by atoms with Gasteiger partial charge >= 0.3 is 0 Å². The standard InChI is InChI=1S/C10H9BrFNO2/c11-7-8(13)10(15)5-2-1-4(12)3-6(5)9(7)14/h1-3,9-10,14-15H,13H2. The molecule has 2 unspecified atom stereocenters. The lowest BCUT2D eigenvalue weighted by molar-refractivity contribution is 0.174. The van der Waals surface area contributed by atoms with Gasteiger partial charge in [0.1, 0.15) is 18.0 Å². The van der Waals surface area contributed by atoms with Crippen molar-refractivity contribution in [3.63, 3.8) is 0 Å². The number of nitrogens with two attached hydrogens (primary N) is 1. The van der Waals surface area contributed by atoms with Crippen LogP contribution in [0, 0.1) is 5.82 Å². The summed E-state index contributed by atoms with van der Waals surface area (Å²) >= 11 is 3.08. The zero-order chi connectivity index (χ0) is 11.2. The van der Waals surface area contributed by atoms with Crippen LogP contribution >= 0.6 is 15.9 Å². The molecule has 1 aliphatic rings. The Bertz CT molecular complexity index is 447. The van der Waals surface area contributed by atoms with E-state index in [-0.39, 0.29) is 10.2 Å². The summed E-state index contributed by atoms with van der Waals surface area (Å²) in [5, 5.41) is 19.5. The highest BCUT2D eigenvalue weighted by Crippen LogP contribution is 2.40. The van der Waals surface area contributed by atoms with E-state index in [4.69, 9.17) is 5.73 Å². The number of benzene rings is 1. The Balaban J connectivity index is 2.62. The van der Waals surface area contributed by atoms with Crippen LogP contribution in [0.2, 0.25) is 0 Å². The van der Waals surface area contributed by atoms with Crippen molar-refractivity contribution in [2.75, 3.05) is 0 Å². The molecule has 0 saturated carbocycles. The average Bonchev–Trinajstić information content (AvgIpc) is 2.23. The van der Waals surface area contributed by atoms with Crippen molar-refractivity contribution in [3.8, 4) is 0 Å². The molecule has 2 atom stereocenters. The second-order valence-electron chi connectivity index (χ2n) is 3.38. The molecule has 15 heavy (non-hydrogen) atoms. The molecule has 0 radical (unpaired) electrons. The molecule has 0 fully saturated rings. The molecule has 2 rings (SSSR count). The molecule has 0 aromatic heterocycles. The lowest BCUT2D eigenvalue weighted by atomic mass is 9.90. The van der Waals surface area contributed by atoms with Crippen molar-refractivity contribution in [1.82, 2.24) is 0 Å². The first kappa shape index (κ1) is 10.6. The van der Waals surface area contributed by atoms with E-state index in [1.54, 1.807) is 0 Å². The highest BCUT2D eigenvalue weighted by Gasteiger charge is 2.30. The van der Waals surface area contributed by atoms with Crippen LogP contribution in [0.25, 0.3) is 0 Å². The van der Waals surface area contributed by atoms with Gasteiger partial charge in [0.2, 0.25) is 0 Å².